The number of nitro groups is 1. The Labute approximate surface area is 109 Å². The summed E-state index contributed by atoms with van der Waals surface area (Å²) in [6.45, 7) is 0.607. The molecular formula is C12H13ClN2O3. The Morgan fingerprint density at radius 1 is 1.44 bits per heavy atom. The quantitative estimate of drug-likeness (QED) is 0.359. The van der Waals surface area contributed by atoms with Crippen molar-refractivity contribution in [1.82, 2.24) is 4.90 Å². The number of likely N-dealkylation sites (tertiary alicyclic amines) is 1. The summed E-state index contributed by atoms with van der Waals surface area (Å²) in [6, 6.07) is 5.75. The minimum absolute atomic E-state index is 0.0796. The zero-order valence-electron chi connectivity index (χ0n) is 9.71. The van der Waals surface area contributed by atoms with Gasteiger partial charge in [0, 0.05) is 24.2 Å². The number of amides is 1. The molecule has 96 valence electrons. The van der Waals surface area contributed by atoms with E-state index in [2.05, 4.69) is 0 Å². The lowest BCUT2D eigenvalue weighted by molar-refractivity contribution is -0.384. The highest BCUT2D eigenvalue weighted by molar-refractivity contribution is 6.21. The van der Waals surface area contributed by atoms with Crippen molar-refractivity contribution in [3.63, 3.8) is 0 Å². The summed E-state index contributed by atoms with van der Waals surface area (Å²) >= 11 is 6.10. The lowest BCUT2D eigenvalue weighted by atomic mass is 10.1. The summed E-state index contributed by atoms with van der Waals surface area (Å²) in [6.07, 6.45) is 2.69. The maximum atomic E-state index is 12.2. The highest BCUT2D eigenvalue weighted by atomic mass is 35.5. The third-order valence-electron chi connectivity index (χ3n) is 2.99. The normalized spacial score (nSPS) is 19.6. The van der Waals surface area contributed by atoms with E-state index in [4.69, 9.17) is 11.6 Å². The smallest absolute Gasteiger partial charge is 0.270 e. The first-order valence-electron chi connectivity index (χ1n) is 5.79. The van der Waals surface area contributed by atoms with Gasteiger partial charge in [-0.3, -0.25) is 14.9 Å². The maximum absolute atomic E-state index is 12.2. The molecule has 6 heteroatoms. The van der Waals surface area contributed by atoms with Gasteiger partial charge in [0.05, 0.1) is 4.92 Å². The topological polar surface area (TPSA) is 63.4 Å². The second kappa shape index (κ2) is 5.35. The molecule has 1 aromatic carbocycles. The molecule has 0 aliphatic carbocycles. The van der Waals surface area contributed by atoms with Crippen molar-refractivity contribution in [2.45, 2.75) is 24.8 Å². The SMILES string of the molecule is O=C(c1cccc([N+](=O)[O-])c1)N1CCCCC1Cl. The fraction of sp³-hybridized carbons (Fsp3) is 0.417. The van der Waals surface area contributed by atoms with E-state index in [-0.39, 0.29) is 17.1 Å². The highest BCUT2D eigenvalue weighted by Crippen LogP contribution is 2.23. The third-order valence-corrected chi connectivity index (χ3v) is 3.45. The average Bonchev–Trinajstić information content (AvgIpc) is 2.38. The van der Waals surface area contributed by atoms with Gasteiger partial charge in [-0.2, -0.15) is 0 Å². The molecule has 5 nitrogen and oxygen atoms in total. The number of carbonyl (C=O) groups is 1. The number of non-ortho nitro benzene ring substituents is 1. The molecule has 0 radical (unpaired) electrons. The Kier molecular flexibility index (Phi) is 3.81. The highest BCUT2D eigenvalue weighted by Gasteiger charge is 2.26. The number of hydrogen-bond acceptors (Lipinski definition) is 3. The van der Waals surface area contributed by atoms with E-state index in [0.29, 0.717) is 12.1 Å². The van der Waals surface area contributed by atoms with Crippen LogP contribution in [0.25, 0.3) is 0 Å². The van der Waals surface area contributed by atoms with Crippen LogP contribution in [0.2, 0.25) is 0 Å². The number of piperidine rings is 1. The molecule has 1 fully saturated rings. The minimum atomic E-state index is -0.509. The number of nitrogens with zero attached hydrogens (tertiary/aromatic N) is 2. The van der Waals surface area contributed by atoms with Gasteiger partial charge < -0.3 is 4.90 Å². The van der Waals surface area contributed by atoms with E-state index >= 15 is 0 Å². The van der Waals surface area contributed by atoms with Crippen LogP contribution in [-0.4, -0.2) is 27.8 Å². The zero-order chi connectivity index (χ0) is 13.1. The first-order chi connectivity index (χ1) is 8.59. The molecule has 1 aliphatic rings. The molecule has 0 N–H and O–H groups in total. The van der Waals surface area contributed by atoms with Crippen LogP contribution in [0.1, 0.15) is 29.6 Å². The van der Waals surface area contributed by atoms with Crippen molar-refractivity contribution in [1.29, 1.82) is 0 Å². The first-order valence-corrected chi connectivity index (χ1v) is 6.23. The van der Waals surface area contributed by atoms with Gasteiger partial charge in [-0.1, -0.05) is 17.7 Å². The molecule has 1 aromatic rings. The van der Waals surface area contributed by atoms with Gasteiger partial charge in [0.1, 0.15) is 5.50 Å². The van der Waals surface area contributed by atoms with Crippen molar-refractivity contribution in [3.8, 4) is 0 Å². The number of halogens is 1. The molecule has 1 amide bonds. The van der Waals surface area contributed by atoms with Crippen molar-refractivity contribution in [2.75, 3.05) is 6.54 Å². The predicted octanol–water partition coefficient (Wildman–Crippen LogP) is 2.79. The van der Waals surface area contributed by atoms with E-state index in [1.54, 1.807) is 11.0 Å². The molecule has 1 heterocycles. The van der Waals surface area contributed by atoms with Crippen LogP contribution in [0.5, 0.6) is 0 Å². The summed E-state index contributed by atoms with van der Waals surface area (Å²) in [5.41, 5.74) is -0.0776. The van der Waals surface area contributed by atoms with Crippen LogP contribution in [0.3, 0.4) is 0 Å². The van der Waals surface area contributed by atoms with Crippen molar-refractivity contribution in [3.05, 3.63) is 39.9 Å². The van der Waals surface area contributed by atoms with Crippen molar-refractivity contribution < 1.29 is 9.72 Å². The van der Waals surface area contributed by atoms with Gasteiger partial charge in [-0.15, -0.1) is 0 Å². The zero-order valence-corrected chi connectivity index (χ0v) is 10.5. The maximum Gasteiger partial charge on any atom is 0.270 e. The number of rotatable bonds is 2. The van der Waals surface area contributed by atoms with E-state index in [9.17, 15) is 14.9 Å². The molecule has 1 atom stereocenters. The van der Waals surface area contributed by atoms with Gasteiger partial charge in [-0.25, -0.2) is 0 Å². The standard InChI is InChI=1S/C12H13ClN2O3/c13-11-6-1-2-7-14(11)12(16)9-4-3-5-10(8-9)15(17)18/h3-5,8,11H,1-2,6-7H2. The van der Waals surface area contributed by atoms with E-state index in [1.165, 1.54) is 18.2 Å². The Balaban J connectivity index is 2.22. The van der Waals surface area contributed by atoms with Crippen LogP contribution in [0.4, 0.5) is 5.69 Å². The summed E-state index contributed by atoms with van der Waals surface area (Å²) in [4.78, 5) is 23.9. The second-order valence-corrected chi connectivity index (χ2v) is 4.74. The minimum Gasteiger partial charge on any atom is -0.322 e. The predicted molar refractivity (Wildman–Crippen MR) is 67.6 cm³/mol. The van der Waals surface area contributed by atoms with Crippen LogP contribution in [0.15, 0.2) is 24.3 Å². The fourth-order valence-electron chi connectivity index (χ4n) is 2.04. The third kappa shape index (κ3) is 2.61. The Bertz CT molecular complexity index is 478. The summed E-state index contributed by atoms with van der Waals surface area (Å²) < 4.78 is 0. The monoisotopic (exact) mass is 268 g/mol. The van der Waals surface area contributed by atoms with E-state index < -0.39 is 4.92 Å². The number of nitro benzene ring substituents is 1. The van der Waals surface area contributed by atoms with Crippen LogP contribution >= 0.6 is 11.6 Å². The van der Waals surface area contributed by atoms with Gasteiger partial charge >= 0.3 is 0 Å². The van der Waals surface area contributed by atoms with Crippen LogP contribution in [-0.2, 0) is 0 Å². The molecule has 1 saturated heterocycles. The molecular weight excluding hydrogens is 256 g/mol. The molecule has 1 aliphatic heterocycles. The van der Waals surface area contributed by atoms with Crippen LogP contribution < -0.4 is 0 Å². The van der Waals surface area contributed by atoms with Crippen LogP contribution in [0, 0.1) is 10.1 Å². The van der Waals surface area contributed by atoms with E-state index in [1.807, 2.05) is 0 Å². The molecule has 0 aromatic heterocycles. The summed E-state index contributed by atoms with van der Waals surface area (Å²) in [5.74, 6) is -0.238. The summed E-state index contributed by atoms with van der Waals surface area (Å²) in [5, 5.41) is 10.7. The lowest BCUT2D eigenvalue weighted by Gasteiger charge is -2.31. The van der Waals surface area contributed by atoms with Gasteiger partial charge in [0.15, 0.2) is 0 Å². The Hall–Kier alpha value is -1.62. The van der Waals surface area contributed by atoms with Gasteiger partial charge in [0.25, 0.3) is 11.6 Å². The van der Waals surface area contributed by atoms with Gasteiger partial charge in [-0.05, 0) is 25.3 Å². The lowest BCUT2D eigenvalue weighted by Crippen LogP contribution is -2.40. The fourth-order valence-corrected chi connectivity index (χ4v) is 2.38. The largest absolute Gasteiger partial charge is 0.322 e. The first kappa shape index (κ1) is 12.8. The van der Waals surface area contributed by atoms with Crippen molar-refractivity contribution in [2.24, 2.45) is 0 Å². The average molecular weight is 269 g/mol. The molecule has 18 heavy (non-hydrogen) atoms. The molecule has 0 saturated carbocycles. The van der Waals surface area contributed by atoms with E-state index in [0.717, 1.165) is 19.3 Å². The Morgan fingerprint density at radius 2 is 2.22 bits per heavy atom. The molecule has 0 bridgehead atoms. The number of carbonyl (C=O) groups excluding carboxylic acids is 1. The molecule has 1 unspecified atom stereocenters. The number of benzene rings is 1. The summed E-state index contributed by atoms with van der Waals surface area (Å²) in [7, 11) is 0. The number of hydrogen-bond donors (Lipinski definition) is 0. The number of alkyl halides is 1. The van der Waals surface area contributed by atoms with Crippen molar-refractivity contribution >= 4 is 23.2 Å². The molecule has 2 rings (SSSR count). The van der Waals surface area contributed by atoms with Gasteiger partial charge in [0.2, 0.25) is 0 Å². The second-order valence-electron chi connectivity index (χ2n) is 4.24. The Morgan fingerprint density at radius 3 is 2.89 bits per heavy atom. The molecule has 0 spiro atoms.